The Hall–Kier alpha value is -0.0800. The van der Waals surface area contributed by atoms with E-state index in [0.29, 0.717) is 13.2 Å². The highest BCUT2D eigenvalue weighted by molar-refractivity contribution is 4.84. The van der Waals surface area contributed by atoms with Crippen molar-refractivity contribution in [2.24, 2.45) is 11.8 Å². The molecule has 0 spiro atoms. The molecule has 0 atom stereocenters. The highest BCUT2D eigenvalue weighted by Gasteiger charge is 2.34. The first-order valence-electron chi connectivity index (χ1n) is 4.75. The summed E-state index contributed by atoms with van der Waals surface area (Å²) in [6.45, 7) is 11.2. The monoisotopic (exact) mass is 174 g/mol. The van der Waals surface area contributed by atoms with Crippen molar-refractivity contribution in [1.29, 1.82) is 0 Å². The molecule has 2 nitrogen and oxygen atoms in total. The summed E-state index contributed by atoms with van der Waals surface area (Å²) in [5.41, 5.74) is -0.671. The number of hydrogen-bond donors (Lipinski definition) is 1. The van der Waals surface area contributed by atoms with Gasteiger partial charge in [-0.2, -0.15) is 0 Å². The molecule has 0 aromatic heterocycles. The van der Waals surface area contributed by atoms with Crippen LogP contribution < -0.4 is 0 Å². The van der Waals surface area contributed by atoms with Crippen LogP contribution in [0.2, 0.25) is 0 Å². The zero-order valence-electron chi connectivity index (χ0n) is 8.92. The van der Waals surface area contributed by atoms with Crippen LogP contribution in [0, 0.1) is 11.8 Å². The average molecular weight is 174 g/mol. The minimum Gasteiger partial charge on any atom is -0.387 e. The Kier molecular flexibility index (Phi) is 4.80. The van der Waals surface area contributed by atoms with Gasteiger partial charge in [0, 0.05) is 6.61 Å². The summed E-state index contributed by atoms with van der Waals surface area (Å²) in [6, 6.07) is 0. The quantitative estimate of drug-likeness (QED) is 0.691. The predicted octanol–water partition coefficient (Wildman–Crippen LogP) is 2.07. The van der Waals surface area contributed by atoms with E-state index < -0.39 is 5.60 Å². The summed E-state index contributed by atoms with van der Waals surface area (Å²) in [4.78, 5) is 0. The summed E-state index contributed by atoms with van der Waals surface area (Å²) in [5, 5.41) is 10.2. The van der Waals surface area contributed by atoms with Gasteiger partial charge >= 0.3 is 0 Å². The lowest BCUT2D eigenvalue weighted by Gasteiger charge is -2.35. The molecule has 0 fully saturated rings. The third-order valence-corrected chi connectivity index (χ3v) is 2.54. The summed E-state index contributed by atoms with van der Waals surface area (Å²) in [5.74, 6) is 0.480. The first kappa shape index (κ1) is 11.9. The highest BCUT2D eigenvalue weighted by atomic mass is 16.5. The zero-order valence-corrected chi connectivity index (χ0v) is 8.92. The van der Waals surface area contributed by atoms with Crippen molar-refractivity contribution in [3.8, 4) is 0 Å². The second-order valence-electron chi connectivity index (χ2n) is 3.94. The van der Waals surface area contributed by atoms with Crippen LogP contribution >= 0.6 is 0 Å². The Balaban J connectivity index is 4.19. The van der Waals surface area contributed by atoms with Crippen LogP contribution in [-0.4, -0.2) is 23.9 Å². The molecule has 0 heterocycles. The standard InChI is InChI=1S/C10H22O2/c1-6-12-7-10(11,8(2)3)9(4)5/h8-9,11H,6-7H2,1-5H3. The first-order chi connectivity index (χ1) is 5.45. The molecule has 0 amide bonds. The van der Waals surface area contributed by atoms with E-state index in [9.17, 15) is 5.11 Å². The topological polar surface area (TPSA) is 29.5 Å². The van der Waals surface area contributed by atoms with Crippen LogP contribution in [0.15, 0.2) is 0 Å². The van der Waals surface area contributed by atoms with Crippen molar-refractivity contribution in [2.75, 3.05) is 13.2 Å². The Morgan fingerprint density at radius 3 is 1.83 bits per heavy atom. The minimum absolute atomic E-state index is 0.240. The SMILES string of the molecule is CCOCC(O)(C(C)C)C(C)C. The van der Waals surface area contributed by atoms with E-state index >= 15 is 0 Å². The number of aliphatic hydroxyl groups is 1. The predicted molar refractivity (Wildman–Crippen MR) is 51.1 cm³/mol. The highest BCUT2D eigenvalue weighted by Crippen LogP contribution is 2.26. The van der Waals surface area contributed by atoms with Gasteiger partial charge in [0.05, 0.1) is 12.2 Å². The van der Waals surface area contributed by atoms with Crippen LogP contribution in [0.4, 0.5) is 0 Å². The first-order valence-corrected chi connectivity index (χ1v) is 4.75. The normalized spacial score (nSPS) is 13.0. The number of rotatable bonds is 5. The summed E-state index contributed by atoms with van der Waals surface area (Å²) in [6.07, 6.45) is 0. The van der Waals surface area contributed by atoms with Gasteiger partial charge in [-0.3, -0.25) is 0 Å². The molecule has 0 aliphatic rings. The Labute approximate surface area is 75.9 Å². The van der Waals surface area contributed by atoms with Gasteiger partial charge < -0.3 is 9.84 Å². The molecule has 0 unspecified atom stereocenters. The van der Waals surface area contributed by atoms with E-state index in [-0.39, 0.29) is 11.8 Å². The van der Waals surface area contributed by atoms with Crippen LogP contribution in [0.25, 0.3) is 0 Å². The van der Waals surface area contributed by atoms with Gasteiger partial charge in [-0.1, -0.05) is 27.7 Å². The lowest BCUT2D eigenvalue weighted by molar-refractivity contribution is -0.104. The fraction of sp³-hybridized carbons (Fsp3) is 1.00. The van der Waals surface area contributed by atoms with Gasteiger partial charge in [-0.25, -0.2) is 0 Å². The molecular weight excluding hydrogens is 152 g/mol. The molecule has 0 aromatic rings. The van der Waals surface area contributed by atoms with E-state index in [2.05, 4.69) is 0 Å². The maximum Gasteiger partial charge on any atom is 0.0925 e. The third kappa shape index (κ3) is 2.76. The summed E-state index contributed by atoms with van der Waals surface area (Å²) < 4.78 is 5.27. The molecule has 0 bridgehead atoms. The molecule has 0 aromatic carbocycles. The maximum atomic E-state index is 10.2. The van der Waals surface area contributed by atoms with Crippen LogP contribution in [0.1, 0.15) is 34.6 Å². The van der Waals surface area contributed by atoms with Crippen molar-refractivity contribution in [2.45, 2.75) is 40.2 Å². The van der Waals surface area contributed by atoms with Crippen LogP contribution in [0.3, 0.4) is 0 Å². The second-order valence-corrected chi connectivity index (χ2v) is 3.94. The third-order valence-electron chi connectivity index (χ3n) is 2.54. The minimum atomic E-state index is -0.671. The van der Waals surface area contributed by atoms with Gasteiger partial charge in [0.25, 0.3) is 0 Å². The molecule has 2 heteroatoms. The molecule has 0 saturated carbocycles. The lowest BCUT2D eigenvalue weighted by atomic mass is 9.81. The van der Waals surface area contributed by atoms with Crippen molar-refractivity contribution in [3.63, 3.8) is 0 Å². The van der Waals surface area contributed by atoms with Crippen LogP contribution in [0.5, 0.6) is 0 Å². The average Bonchev–Trinajstić information content (AvgIpc) is 1.99. The van der Waals surface area contributed by atoms with E-state index in [4.69, 9.17) is 4.74 Å². The van der Waals surface area contributed by atoms with Gasteiger partial charge in [0.1, 0.15) is 0 Å². The fourth-order valence-electron chi connectivity index (χ4n) is 1.27. The van der Waals surface area contributed by atoms with Crippen LogP contribution in [-0.2, 0) is 4.74 Å². The second kappa shape index (κ2) is 4.83. The smallest absolute Gasteiger partial charge is 0.0925 e. The Bertz CT molecular complexity index is 111. The molecule has 0 saturated heterocycles. The molecule has 0 aliphatic heterocycles. The van der Waals surface area contributed by atoms with Gasteiger partial charge in [0.2, 0.25) is 0 Å². The van der Waals surface area contributed by atoms with E-state index in [1.165, 1.54) is 0 Å². The van der Waals surface area contributed by atoms with Gasteiger partial charge in [-0.05, 0) is 18.8 Å². The maximum absolute atomic E-state index is 10.2. The number of hydrogen-bond acceptors (Lipinski definition) is 2. The van der Waals surface area contributed by atoms with E-state index in [0.717, 1.165) is 0 Å². The van der Waals surface area contributed by atoms with Crippen molar-refractivity contribution in [3.05, 3.63) is 0 Å². The fourth-order valence-corrected chi connectivity index (χ4v) is 1.27. The molecular formula is C10H22O2. The molecule has 0 rings (SSSR count). The van der Waals surface area contributed by atoms with Crippen molar-refractivity contribution in [1.82, 2.24) is 0 Å². The van der Waals surface area contributed by atoms with Gasteiger partial charge in [-0.15, -0.1) is 0 Å². The number of ether oxygens (including phenoxy) is 1. The molecule has 0 radical (unpaired) electrons. The molecule has 0 aliphatic carbocycles. The lowest BCUT2D eigenvalue weighted by Crippen LogP contribution is -2.45. The van der Waals surface area contributed by atoms with E-state index in [1.54, 1.807) is 0 Å². The summed E-state index contributed by atoms with van der Waals surface area (Å²) in [7, 11) is 0. The van der Waals surface area contributed by atoms with Crippen molar-refractivity contribution < 1.29 is 9.84 Å². The zero-order chi connectivity index (χ0) is 9.78. The Morgan fingerprint density at radius 2 is 1.58 bits per heavy atom. The summed E-state index contributed by atoms with van der Waals surface area (Å²) >= 11 is 0. The van der Waals surface area contributed by atoms with Crippen molar-refractivity contribution >= 4 is 0 Å². The molecule has 74 valence electrons. The Morgan fingerprint density at radius 1 is 1.17 bits per heavy atom. The molecule has 1 N–H and O–H groups in total. The van der Waals surface area contributed by atoms with Gasteiger partial charge in [0.15, 0.2) is 0 Å². The molecule has 12 heavy (non-hydrogen) atoms. The largest absolute Gasteiger partial charge is 0.387 e. The van der Waals surface area contributed by atoms with E-state index in [1.807, 2.05) is 34.6 Å².